The number of carbonyl (C=O) groups is 2. The van der Waals surface area contributed by atoms with Crippen LogP contribution in [0.2, 0.25) is 0 Å². The number of amides is 2. The molecule has 0 spiro atoms. The van der Waals surface area contributed by atoms with Crippen molar-refractivity contribution in [3.05, 3.63) is 47.7 Å². The van der Waals surface area contributed by atoms with Gasteiger partial charge in [0, 0.05) is 32.6 Å². The van der Waals surface area contributed by atoms with Crippen molar-refractivity contribution in [3.63, 3.8) is 0 Å². The minimum atomic E-state index is -0.248. The lowest BCUT2D eigenvalue weighted by Crippen LogP contribution is -2.31. The van der Waals surface area contributed by atoms with E-state index in [2.05, 4.69) is 15.7 Å². The summed E-state index contributed by atoms with van der Waals surface area (Å²) >= 11 is 0. The highest BCUT2D eigenvalue weighted by molar-refractivity contribution is 5.95. The minimum absolute atomic E-state index is 0.105. The van der Waals surface area contributed by atoms with Gasteiger partial charge in [-0.2, -0.15) is 5.10 Å². The Morgan fingerprint density at radius 2 is 1.92 bits per heavy atom. The van der Waals surface area contributed by atoms with Crippen LogP contribution in [0.3, 0.4) is 0 Å². The highest BCUT2D eigenvalue weighted by atomic mass is 16.2. The predicted molar refractivity (Wildman–Crippen MR) is 97.5 cm³/mol. The Bertz CT molecular complexity index is 710. The quantitative estimate of drug-likeness (QED) is 0.757. The molecular formula is C18H25N5O2. The number of aromatic nitrogens is 2. The van der Waals surface area contributed by atoms with E-state index in [9.17, 15) is 9.59 Å². The Labute approximate surface area is 148 Å². The number of rotatable bonds is 8. The zero-order valence-electron chi connectivity index (χ0n) is 15.0. The van der Waals surface area contributed by atoms with E-state index in [0.29, 0.717) is 30.9 Å². The van der Waals surface area contributed by atoms with Crippen molar-refractivity contribution in [2.24, 2.45) is 7.05 Å². The van der Waals surface area contributed by atoms with Crippen LogP contribution in [0.25, 0.3) is 0 Å². The third kappa shape index (κ3) is 6.04. The molecule has 0 bridgehead atoms. The molecule has 2 rings (SSSR count). The van der Waals surface area contributed by atoms with Crippen LogP contribution in [0.5, 0.6) is 0 Å². The molecule has 134 valence electrons. The van der Waals surface area contributed by atoms with E-state index in [1.54, 1.807) is 13.1 Å². The number of anilines is 1. The number of likely N-dealkylation sites (N-methyl/N-ethyl adjacent to an activating group) is 1. The smallest absolute Gasteiger partial charge is 0.271 e. The normalized spacial score (nSPS) is 10.7. The van der Waals surface area contributed by atoms with Crippen LogP contribution in [-0.4, -0.2) is 53.7 Å². The molecule has 2 amide bonds. The third-order valence-electron chi connectivity index (χ3n) is 3.71. The van der Waals surface area contributed by atoms with Crippen molar-refractivity contribution in [3.8, 4) is 0 Å². The highest BCUT2D eigenvalue weighted by Gasteiger charge is 2.14. The number of aryl methyl sites for hydroxylation is 2. The maximum atomic E-state index is 12.1. The molecule has 0 saturated heterocycles. The second-order valence-electron chi connectivity index (χ2n) is 6.13. The molecule has 0 aliphatic heterocycles. The lowest BCUT2D eigenvalue weighted by molar-refractivity contribution is -0.116. The largest absolute Gasteiger partial charge is 0.349 e. The lowest BCUT2D eigenvalue weighted by Gasteiger charge is -2.09. The van der Waals surface area contributed by atoms with E-state index in [1.807, 2.05) is 49.3 Å². The fraction of sp³-hybridized carbons (Fsp3) is 0.389. The summed E-state index contributed by atoms with van der Waals surface area (Å²) in [5.41, 5.74) is 1.41. The highest BCUT2D eigenvalue weighted by Crippen LogP contribution is 2.10. The van der Waals surface area contributed by atoms with E-state index in [0.717, 1.165) is 12.1 Å². The maximum absolute atomic E-state index is 12.1. The molecule has 0 unspecified atom stereocenters. The molecule has 7 nitrogen and oxygen atoms in total. The van der Waals surface area contributed by atoms with Gasteiger partial charge in [-0.15, -0.1) is 0 Å². The van der Waals surface area contributed by atoms with Gasteiger partial charge in [-0.05, 0) is 26.1 Å². The Kier molecular flexibility index (Phi) is 6.71. The van der Waals surface area contributed by atoms with Gasteiger partial charge >= 0.3 is 0 Å². The molecule has 0 radical (unpaired) electrons. The van der Waals surface area contributed by atoms with Crippen molar-refractivity contribution in [1.29, 1.82) is 0 Å². The second kappa shape index (κ2) is 8.98. The second-order valence-corrected chi connectivity index (χ2v) is 6.13. The van der Waals surface area contributed by atoms with Gasteiger partial charge in [-0.25, -0.2) is 0 Å². The summed E-state index contributed by atoms with van der Waals surface area (Å²) < 4.78 is 1.50. The lowest BCUT2D eigenvalue weighted by atomic mass is 10.1. The number of benzene rings is 1. The molecule has 2 aromatic rings. The van der Waals surface area contributed by atoms with Gasteiger partial charge in [0.2, 0.25) is 5.91 Å². The Balaban J connectivity index is 1.86. The first-order valence-electron chi connectivity index (χ1n) is 8.26. The fourth-order valence-electron chi connectivity index (χ4n) is 2.29. The Hall–Kier alpha value is -2.67. The SMILES string of the molecule is CN(C)CCNC(=O)c1cc(NC(=O)CCc2ccccc2)n(C)n1. The summed E-state index contributed by atoms with van der Waals surface area (Å²) in [6.45, 7) is 1.29. The number of carbonyl (C=O) groups excluding carboxylic acids is 2. The topological polar surface area (TPSA) is 79.3 Å². The molecule has 1 aromatic heterocycles. The molecule has 0 atom stereocenters. The van der Waals surface area contributed by atoms with E-state index in [1.165, 1.54) is 4.68 Å². The molecule has 25 heavy (non-hydrogen) atoms. The van der Waals surface area contributed by atoms with Crippen molar-refractivity contribution in [2.45, 2.75) is 12.8 Å². The van der Waals surface area contributed by atoms with Gasteiger partial charge < -0.3 is 15.5 Å². The van der Waals surface area contributed by atoms with Crippen LogP contribution in [0.4, 0.5) is 5.82 Å². The maximum Gasteiger partial charge on any atom is 0.271 e. The number of nitrogens with zero attached hydrogens (tertiary/aromatic N) is 3. The van der Waals surface area contributed by atoms with Gasteiger partial charge in [0.15, 0.2) is 5.69 Å². The molecule has 1 aromatic carbocycles. The van der Waals surface area contributed by atoms with Gasteiger partial charge in [0.25, 0.3) is 5.91 Å². The molecule has 0 aliphatic rings. The molecule has 0 fully saturated rings. The number of hydrogen-bond donors (Lipinski definition) is 2. The predicted octanol–water partition coefficient (Wildman–Crippen LogP) is 1.28. The summed E-state index contributed by atoms with van der Waals surface area (Å²) in [4.78, 5) is 26.2. The zero-order chi connectivity index (χ0) is 18.2. The number of nitrogens with one attached hydrogen (secondary N) is 2. The Morgan fingerprint density at radius 1 is 1.20 bits per heavy atom. The molecular weight excluding hydrogens is 318 g/mol. The molecule has 2 N–H and O–H groups in total. The molecule has 7 heteroatoms. The fourth-order valence-corrected chi connectivity index (χ4v) is 2.29. The van der Waals surface area contributed by atoms with Crippen molar-refractivity contribution < 1.29 is 9.59 Å². The van der Waals surface area contributed by atoms with E-state index < -0.39 is 0 Å². The van der Waals surface area contributed by atoms with Crippen LogP contribution >= 0.6 is 0 Å². The minimum Gasteiger partial charge on any atom is -0.349 e. The van der Waals surface area contributed by atoms with Crippen LogP contribution in [0, 0.1) is 0 Å². The van der Waals surface area contributed by atoms with E-state index >= 15 is 0 Å². The van der Waals surface area contributed by atoms with Crippen molar-refractivity contribution in [2.75, 3.05) is 32.5 Å². The third-order valence-corrected chi connectivity index (χ3v) is 3.71. The monoisotopic (exact) mass is 343 g/mol. The first-order valence-corrected chi connectivity index (χ1v) is 8.26. The summed E-state index contributed by atoms with van der Waals surface area (Å²) in [5, 5.41) is 9.76. The van der Waals surface area contributed by atoms with Gasteiger partial charge in [-0.1, -0.05) is 30.3 Å². The van der Waals surface area contributed by atoms with Crippen molar-refractivity contribution in [1.82, 2.24) is 20.0 Å². The molecule has 1 heterocycles. The number of hydrogen-bond acceptors (Lipinski definition) is 4. The van der Waals surface area contributed by atoms with Crippen LogP contribution in [-0.2, 0) is 18.3 Å². The molecule has 0 saturated carbocycles. The van der Waals surface area contributed by atoms with Gasteiger partial charge in [-0.3, -0.25) is 14.3 Å². The summed E-state index contributed by atoms with van der Waals surface area (Å²) in [7, 11) is 5.58. The molecule has 0 aliphatic carbocycles. The average Bonchev–Trinajstić information content (AvgIpc) is 2.94. The first-order chi connectivity index (χ1) is 12.0. The van der Waals surface area contributed by atoms with E-state index in [-0.39, 0.29) is 11.8 Å². The summed E-state index contributed by atoms with van der Waals surface area (Å²) in [6, 6.07) is 11.4. The van der Waals surface area contributed by atoms with E-state index in [4.69, 9.17) is 0 Å². The van der Waals surface area contributed by atoms with Crippen molar-refractivity contribution >= 4 is 17.6 Å². The van der Waals surface area contributed by atoms with Gasteiger partial charge in [0.1, 0.15) is 5.82 Å². The van der Waals surface area contributed by atoms with Crippen LogP contribution < -0.4 is 10.6 Å². The Morgan fingerprint density at radius 3 is 2.60 bits per heavy atom. The summed E-state index contributed by atoms with van der Waals surface area (Å²) in [5.74, 6) is 0.157. The standard InChI is InChI=1S/C18H25N5O2/c1-22(2)12-11-19-18(25)15-13-16(23(3)21-15)20-17(24)10-9-14-7-5-4-6-8-14/h4-8,13H,9-12H2,1-3H3,(H,19,25)(H,20,24). The van der Waals surface area contributed by atoms with Crippen LogP contribution in [0.15, 0.2) is 36.4 Å². The zero-order valence-corrected chi connectivity index (χ0v) is 15.0. The average molecular weight is 343 g/mol. The first kappa shape index (κ1) is 18.7. The summed E-state index contributed by atoms with van der Waals surface area (Å²) in [6.07, 6.45) is 1.04. The van der Waals surface area contributed by atoms with Crippen LogP contribution in [0.1, 0.15) is 22.5 Å². The van der Waals surface area contributed by atoms with Gasteiger partial charge in [0.05, 0.1) is 0 Å².